The molecule has 7 heteroatoms. The molecule has 0 saturated heterocycles. The standard InChI is InChI=1S/C18H17F2NO4/c1-2-24-17(23)11-9-21-14-10(15(11)22)8-12(19)13(20)16(14)25-7-6-18(21)4-3-5-18/h8-9H,2-7H2,1H3. The van der Waals surface area contributed by atoms with Crippen molar-refractivity contribution in [3.8, 4) is 5.75 Å². The minimum Gasteiger partial charge on any atom is -0.488 e. The van der Waals surface area contributed by atoms with Gasteiger partial charge in [-0.2, -0.15) is 4.39 Å². The summed E-state index contributed by atoms with van der Waals surface area (Å²) in [6, 6.07) is 0.844. The SMILES string of the molecule is CCOC(=O)c1cn2c3c(c(F)c(F)cc3c1=O)OCCC21CCC1. The first-order chi connectivity index (χ1) is 12.0. The Kier molecular flexibility index (Phi) is 3.56. The first-order valence-corrected chi connectivity index (χ1v) is 8.36. The van der Waals surface area contributed by atoms with Crippen molar-refractivity contribution >= 4 is 16.9 Å². The predicted octanol–water partition coefficient (Wildman–Crippen LogP) is 3.12. The van der Waals surface area contributed by atoms with E-state index in [1.807, 2.05) is 0 Å². The fraction of sp³-hybridized carbons (Fsp3) is 0.444. The summed E-state index contributed by atoms with van der Waals surface area (Å²) in [7, 11) is 0. The molecule has 0 bridgehead atoms. The number of hydrogen-bond acceptors (Lipinski definition) is 4. The summed E-state index contributed by atoms with van der Waals surface area (Å²) in [4.78, 5) is 24.9. The lowest BCUT2D eigenvalue weighted by molar-refractivity contribution is 0.0521. The highest BCUT2D eigenvalue weighted by molar-refractivity contribution is 5.95. The average Bonchev–Trinajstić information content (AvgIpc) is 2.72. The van der Waals surface area contributed by atoms with Gasteiger partial charge in [-0.25, -0.2) is 9.18 Å². The maximum atomic E-state index is 14.3. The Bertz CT molecular complexity index is 946. The molecule has 0 N–H and O–H groups in total. The summed E-state index contributed by atoms with van der Waals surface area (Å²) in [5.74, 6) is -3.30. The number of halogens is 2. The second kappa shape index (κ2) is 5.54. The van der Waals surface area contributed by atoms with Crippen LogP contribution in [0.3, 0.4) is 0 Å². The predicted molar refractivity (Wildman–Crippen MR) is 86.0 cm³/mol. The lowest BCUT2D eigenvalue weighted by atomic mass is 9.74. The normalized spacial score (nSPS) is 17.7. The zero-order chi connectivity index (χ0) is 17.8. The van der Waals surface area contributed by atoms with Gasteiger partial charge < -0.3 is 14.0 Å². The van der Waals surface area contributed by atoms with Crippen LogP contribution in [0.2, 0.25) is 0 Å². The molecular formula is C18H17F2NO4. The van der Waals surface area contributed by atoms with Gasteiger partial charge in [0.05, 0.1) is 24.1 Å². The first-order valence-electron chi connectivity index (χ1n) is 8.36. The Hall–Kier alpha value is -2.44. The van der Waals surface area contributed by atoms with Crippen LogP contribution in [0, 0.1) is 11.6 Å². The van der Waals surface area contributed by atoms with Gasteiger partial charge in [0.2, 0.25) is 11.2 Å². The molecule has 0 amide bonds. The van der Waals surface area contributed by atoms with Crippen molar-refractivity contribution in [3.05, 3.63) is 39.7 Å². The number of ether oxygens (including phenoxy) is 2. The van der Waals surface area contributed by atoms with Crippen LogP contribution in [0.25, 0.3) is 10.9 Å². The van der Waals surface area contributed by atoms with Crippen LogP contribution < -0.4 is 10.2 Å². The topological polar surface area (TPSA) is 57.5 Å². The molecule has 1 aliphatic heterocycles. The molecule has 0 atom stereocenters. The summed E-state index contributed by atoms with van der Waals surface area (Å²) in [6.07, 6.45) is 4.67. The zero-order valence-corrected chi connectivity index (χ0v) is 13.7. The Balaban J connectivity index is 2.12. The number of carbonyl (C=O) groups is 1. The van der Waals surface area contributed by atoms with E-state index in [2.05, 4.69) is 0 Å². The zero-order valence-electron chi connectivity index (χ0n) is 13.7. The molecule has 1 fully saturated rings. The molecule has 0 unspecified atom stereocenters. The van der Waals surface area contributed by atoms with Crippen molar-refractivity contribution in [2.24, 2.45) is 0 Å². The fourth-order valence-electron chi connectivity index (χ4n) is 3.80. The number of fused-ring (bicyclic) bond motifs is 1. The van der Waals surface area contributed by atoms with E-state index in [9.17, 15) is 18.4 Å². The number of hydrogen-bond donors (Lipinski definition) is 0. The van der Waals surface area contributed by atoms with E-state index < -0.39 is 23.0 Å². The van der Waals surface area contributed by atoms with Crippen LogP contribution in [0.1, 0.15) is 43.0 Å². The quantitative estimate of drug-likeness (QED) is 0.782. The van der Waals surface area contributed by atoms with Crippen LogP contribution in [0.5, 0.6) is 5.75 Å². The molecule has 25 heavy (non-hydrogen) atoms. The molecule has 4 rings (SSSR count). The smallest absolute Gasteiger partial charge is 0.343 e. The summed E-state index contributed by atoms with van der Waals surface area (Å²) < 4.78 is 40.5. The van der Waals surface area contributed by atoms with Gasteiger partial charge in [0, 0.05) is 18.2 Å². The van der Waals surface area contributed by atoms with E-state index in [-0.39, 0.29) is 41.0 Å². The van der Waals surface area contributed by atoms with Crippen LogP contribution in [-0.2, 0) is 10.3 Å². The number of carbonyl (C=O) groups excluding carboxylic acids is 1. The largest absolute Gasteiger partial charge is 0.488 e. The summed E-state index contributed by atoms with van der Waals surface area (Å²) in [5.41, 5.74) is -0.971. The van der Waals surface area contributed by atoms with Crippen molar-refractivity contribution < 1.29 is 23.0 Å². The van der Waals surface area contributed by atoms with Crippen LogP contribution in [0.4, 0.5) is 8.78 Å². The average molecular weight is 349 g/mol. The number of benzene rings is 1. The lowest BCUT2D eigenvalue weighted by Crippen LogP contribution is -2.42. The molecule has 2 aliphatic rings. The molecule has 2 aromatic rings. The molecule has 1 aliphatic carbocycles. The van der Waals surface area contributed by atoms with E-state index in [1.165, 1.54) is 6.20 Å². The minimum atomic E-state index is -1.17. The van der Waals surface area contributed by atoms with Crippen molar-refractivity contribution in [2.45, 2.75) is 38.1 Å². The third-order valence-corrected chi connectivity index (χ3v) is 5.24. The molecule has 1 aromatic heterocycles. The second-order valence-electron chi connectivity index (χ2n) is 6.54. The van der Waals surface area contributed by atoms with E-state index >= 15 is 0 Å². The van der Waals surface area contributed by atoms with E-state index in [4.69, 9.17) is 9.47 Å². The van der Waals surface area contributed by atoms with E-state index in [0.29, 0.717) is 6.42 Å². The van der Waals surface area contributed by atoms with Gasteiger partial charge in [-0.3, -0.25) is 4.79 Å². The van der Waals surface area contributed by atoms with Crippen LogP contribution in [-0.4, -0.2) is 23.8 Å². The third-order valence-electron chi connectivity index (χ3n) is 5.24. The number of nitrogens with zero attached hydrogens (tertiary/aromatic N) is 1. The lowest BCUT2D eigenvalue weighted by Gasteiger charge is -2.43. The Morgan fingerprint density at radius 1 is 1.36 bits per heavy atom. The highest BCUT2D eigenvalue weighted by Crippen LogP contribution is 2.47. The fourth-order valence-corrected chi connectivity index (χ4v) is 3.80. The monoisotopic (exact) mass is 349 g/mol. The van der Waals surface area contributed by atoms with Gasteiger partial charge in [-0.15, -0.1) is 0 Å². The van der Waals surface area contributed by atoms with Gasteiger partial charge in [0.1, 0.15) is 5.56 Å². The van der Waals surface area contributed by atoms with Crippen LogP contribution in [0.15, 0.2) is 17.1 Å². The second-order valence-corrected chi connectivity index (χ2v) is 6.54. The van der Waals surface area contributed by atoms with Gasteiger partial charge in [0.25, 0.3) is 0 Å². The van der Waals surface area contributed by atoms with E-state index in [0.717, 1.165) is 25.3 Å². The molecule has 5 nitrogen and oxygen atoms in total. The van der Waals surface area contributed by atoms with Crippen LogP contribution >= 0.6 is 0 Å². The maximum absolute atomic E-state index is 14.3. The molecule has 1 aromatic carbocycles. The summed E-state index contributed by atoms with van der Waals surface area (Å²) in [5, 5.41) is -0.0624. The van der Waals surface area contributed by atoms with Gasteiger partial charge in [0.15, 0.2) is 11.6 Å². The number of rotatable bonds is 2. The molecule has 2 heterocycles. The van der Waals surface area contributed by atoms with Crippen molar-refractivity contribution in [1.82, 2.24) is 4.57 Å². The highest BCUT2D eigenvalue weighted by atomic mass is 19.2. The van der Waals surface area contributed by atoms with Gasteiger partial charge in [-0.1, -0.05) is 0 Å². The van der Waals surface area contributed by atoms with Crippen molar-refractivity contribution in [3.63, 3.8) is 0 Å². The highest BCUT2D eigenvalue weighted by Gasteiger charge is 2.42. The Labute approximate surface area is 142 Å². The minimum absolute atomic E-state index is 0.0624. The molecule has 0 radical (unpaired) electrons. The molecular weight excluding hydrogens is 332 g/mol. The summed E-state index contributed by atoms with van der Waals surface area (Å²) >= 11 is 0. The first kappa shape index (κ1) is 16.1. The van der Waals surface area contributed by atoms with E-state index in [1.54, 1.807) is 11.5 Å². The number of esters is 1. The van der Waals surface area contributed by atoms with Gasteiger partial charge in [-0.05, 0) is 32.3 Å². The number of aromatic nitrogens is 1. The number of pyridine rings is 1. The Morgan fingerprint density at radius 2 is 2.12 bits per heavy atom. The molecule has 1 saturated carbocycles. The Morgan fingerprint density at radius 3 is 2.76 bits per heavy atom. The molecule has 132 valence electrons. The summed E-state index contributed by atoms with van der Waals surface area (Å²) in [6.45, 7) is 1.98. The van der Waals surface area contributed by atoms with Crippen molar-refractivity contribution in [1.29, 1.82) is 0 Å². The van der Waals surface area contributed by atoms with Gasteiger partial charge >= 0.3 is 5.97 Å². The maximum Gasteiger partial charge on any atom is 0.343 e. The molecule has 1 spiro atoms. The van der Waals surface area contributed by atoms with Crippen molar-refractivity contribution in [2.75, 3.05) is 13.2 Å². The third kappa shape index (κ3) is 2.18.